The SMILES string of the molecule is CCOc1ccc2nc(N=N/C(C(C)=O)=C(/C)O)sc2c1. The van der Waals surface area contributed by atoms with Crippen molar-refractivity contribution >= 4 is 32.5 Å². The first-order chi connectivity index (χ1) is 10.0. The van der Waals surface area contributed by atoms with Crippen molar-refractivity contribution in [2.24, 2.45) is 10.2 Å². The normalized spacial score (nSPS) is 12.7. The van der Waals surface area contributed by atoms with Crippen LogP contribution in [-0.4, -0.2) is 22.5 Å². The van der Waals surface area contributed by atoms with Crippen molar-refractivity contribution < 1.29 is 14.6 Å². The average molecular weight is 305 g/mol. The first kappa shape index (κ1) is 15.1. The molecule has 110 valence electrons. The second kappa shape index (κ2) is 6.45. The Morgan fingerprint density at radius 2 is 2.19 bits per heavy atom. The van der Waals surface area contributed by atoms with Gasteiger partial charge in [-0.25, -0.2) is 4.98 Å². The lowest BCUT2D eigenvalue weighted by atomic mass is 10.3. The molecule has 1 heterocycles. The van der Waals surface area contributed by atoms with Gasteiger partial charge in [0.1, 0.15) is 11.5 Å². The molecule has 0 fully saturated rings. The summed E-state index contributed by atoms with van der Waals surface area (Å²) in [5.74, 6) is 0.261. The second-order valence-corrected chi connectivity index (χ2v) is 5.26. The zero-order valence-electron chi connectivity index (χ0n) is 12.0. The van der Waals surface area contributed by atoms with E-state index in [0.29, 0.717) is 11.7 Å². The molecule has 2 aromatic rings. The Labute approximate surface area is 125 Å². The predicted molar refractivity (Wildman–Crippen MR) is 81.3 cm³/mol. The molecule has 21 heavy (non-hydrogen) atoms. The number of carbonyl (C=O) groups excluding carboxylic acids is 1. The molecule has 1 aromatic carbocycles. The molecule has 7 heteroatoms. The van der Waals surface area contributed by atoms with Crippen molar-refractivity contribution in [2.45, 2.75) is 20.8 Å². The van der Waals surface area contributed by atoms with Gasteiger partial charge in [0.05, 0.1) is 16.8 Å². The van der Waals surface area contributed by atoms with Crippen LogP contribution in [-0.2, 0) is 4.79 Å². The minimum atomic E-state index is -0.349. The molecule has 0 aliphatic rings. The van der Waals surface area contributed by atoms with Gasteiger partial charge < -0.3 is 9.84 Å². The van der Waals surface area contributed by atoms with Crippen molar-refractivity contribution in [2.75, 3.05) is 6.61 Å². The van der Waals surface area contributed by atoms with Gasteiger partial charge in [-0.1, -0.05) is 11.3 Å². The summed E-state index contributed by atoms with van der Waals surface area (Å²) in [4.78, 5) is 15.6. The Morgan fingerprint density at radius 1 is 1.43 bits per heavy atom. The number of aromatic nitrogens is 1. The van der Waals surface area contributed by atoms with E-state index in [9.17, 15) is 9.90 Å². The summed E-state index contributed by atoms with van der Waals surface area (Å²) in [5, 5.41) is 17.5. The first-order valence-corrected chi connectivity index (χ1v) is 7.18. The largest absolute Gasteiger partial charge is 0.510 e. The summed E-state index contributed by atoms with van der Waals surface area (Å²) in [5.41, 5.74) is 0.718. The predicted octanol–water partition coefficient (Wildman–Crippen LogP) is 4.16. The number of Topliss-reactive ketones (excluding diaryl/α,β-unsaturated/α-hetero) is 1. The molecular formula is C14H15N3O3S. The topological polar surface area (TPSA) is 84.1 Å². The number of hydrogen-bond acceptors (Lipinski definition) is 7. The van der Waals surface area contributed by atoms with Gasteiger partial charge in [0.2, 0.25) is 5.13 Å². The Morgan fingerprint density at radius 3 is 2.81 bits per heavy atom. The number of ketones is 1. The summed E-state index contributed by atoms with van der Waals surface area (Å²) in [6, 6.07) is 5.56. The quantitative estimate of drug-likeness (QED) is 0.510. The maximum absolute atomic E-state index is 11.3. The van der Waals surface area contributed by atoms with Gasteiger partial charge in [0, 0.05) is 6.92 Å². The van der Waals surface area contributed by atoms with Crippen molar-refractivity contribution in [1.29, 1.82) is 0 Å². The molecule has 0 aliphatic carbocycles. The molecule has 6 nitrogen and oxygen atoms in total. The van der Waals surface area contributed by atoms with Gasteiger partial charge in [0.25, 0.3) is 0 Å². The van der Waals surface area contributed by atoms with Crippen LogP contribution >= 0.6 is 11.3 Å². The molecule has 0 saturated carbocycles. The van der Waals surface area contributed by atoms with Crippen LogP contribution in [0.3, 0.4) is 0 Å². The number of nitrogens with zero attached hydrogens (tertiary/aromatic N) is 3. The van der Waals surface area contributed by atoms with E-state index in [1.54, 1.807) is 0 Å². The third-order valence-corrected chi connectivity index (χ3v) is 3.47. The lowest BCUT2D eigenvalue weighted by molar-refractivity contribution is -0.113. The van der Waals surface area contributed by atoms with Crippen LogP contribution in [0.5, 0.6) is 5.75 Å². The van der Waals surface area contributed by atoms with Crippen molar-refractivity contribution in [3.63, 3.8) is 0 Å². The van der Waals surface area contributed by atoms with Gasteiger partial charge in [-0.15, -0.1) is 10.2 Å². The average Bonchev–Trinajstić information content (AvgIpc) is 2.80. The highest BCUT2D eigenvalue weighted by molar-refractivity contribution is 7.21. The van der Waals surface area contributed by atoms with Crippen LogP contribution in [0.15, 0.2) is 39.9 Å². The van der Waals surface area contributed by atoms with E-state index in [4.69, 9.17) is 4.74 Å². The summed E-state index contributed by atoms with van der Waals surface area (Å²) >= 11 is 1.34. The van der Waals surface area contributed by atoms with E-state index in [2.05, 4.69) is 15.2 Å². The van der Waals surface area contributed by atoms with Gasteiger partial charge in [-0.2, -0.15) is 0 Å². The minimum Gasteiger partial charge on any atom is -0.510 e. The highest BCUT2D eigenvalue weighted by Gasteiger charge is 2.08. The zero-order chi connectivity index (χ0) is 15.4. The van der Waals surface area contributed by atoms with E-state index in [1.165, 1.54) is 25.2 Å². The maximum atomic E-state index is 11.3. The van der Waals surface area contributed by atoms with Crippen LogP contribution in [0, 0.1) is 0 Å². The molecular weight excluding hydrogens is 290 g/mol. The van der Waals surface area contributed by atoms with Crippen LogP contribution in [0.2, 0.25) is 0 Å². The smallest absolute Gasteiger partial charge is 0.231 e. The highest BCUT2D eigenvalue weighted by atomic mass is 32.1. The molecule has 0 bridgehead atoms. The van der Waals surface area contributed by atoms with E-state index < -0.39 is 0 Å². The standard InChI is InChI=1S/C14H15N3O3S/c1-4-20-10-5-6-11-12(7-10)21-14(15-11)17-16-13(8(2)18)9(3)19/h5-7,18H,4H2,1-3H3/b13-8-,17-16?. The van der Waals surface area contributed by atoms with Crippen LogP contribution in [0.25, 0.3) is 10.2 Å². The number of hydrogen-bond donors (Lipinski definition) is 1. The summed E-state index contributed by atoms with van der Waals surface area (Å²) in [6.07, 6.45) is 0. The van der Waals surface area contributed by atoms with E-state index in [-0.39, 0.29) is 17.2 Å². The third-order valence-electron chi connectivity index (χ3n) is 2.57. The van der Waals surface area contributed by atoms with Gasteiger partial charge >= 0.3 is 0 Å². The summed E-state index contributed by atoms with van der Waals surface area (Å²) in [7, 11) is 0. The molecule has 0 radical (unpaired) electrons. The number of allylic oxidation sites excluding steroid dienone is 2. The lowest BCUT2D eigenvalue weighted by Crippen LogP contribution is -1.96. The van der Waals surface area contributed by atoms with Crippen LogP contribution < -0.4 is 4.74 Å². The number of ether oxygens (including phenoxy) is 1. The molecule has 0 amide bonds. The van der Waals surface area contributed by atoms with Crippen LogP contribution in [0.4, 0.5) is 5.13 Å². The first-order valence-electron chi connectivity index (χ1n) is 6.37. The Hall–Kier alpha value is -2.28. The number of benzene rings is 1. The van der Waals surface area contributed by atoms with Gasteiger partial charge in [0.15, 0.2) is 11.5 Å². The van der Waals surface area contributed by atoms with E-state index >= 15 is 0 Å². The summed E-state index contributed by atoms with van der Waals surface area (Å²) in [6.45, 7) is 5.23. The Kier molecular flexibility index (Phi) is 4.64. The molecule has 0 unspecified atom stereocenters. The Balaban J connectivity index is 2.31. The zero-order valence-corrected chi connectivity index (χ0v) is 12.8. The minimum absolute atomic E-state index is 0.0655. The monoisotopic (exact) mass is 305 g/mol. The number of aliphatic hydroxyl groups is 1. The highest BCUT2D eigenvalue weighted by Crippen LogP contribution is 2.31. The number of aliphatic hydroxyl groups excluding tert-OH is 1. The van der Waals surface area contributed by atoms with Gasteiger partial charge in [-0.3, -0.25) is 4.79 Å². The lowest BCUT2D eigenvalue weighted by Gasteiger charge is -2.00. The molecule has 1 aromatic heterocycles. The number of thiazole rings is 1. The van der Waals surface area contributed by atoms with Crippen molar-refractivity contribution in [1.82, 2.24) is 4.98 Å². The van der Waals surface area contributed by atoms with Crippen molar-refractivity contribution in [3.8, 4) is 5.75 Å². The second-order valence-electron chi connectivity index (χ2n) is 4.25. The molecule has 0 aliphatic heterocycles. The van der Waals surface area contributed by atoms with Crippen LogP contribution in [0.1, 0.15) is 20.8 Å². The Bertz CT molecular complexity index is 730. The molecule has 0 spiro atoms. The maximum Gasteiger partial charge on any atom is 0.231 e. The number of fused-ring (bicyclic) bond motifs is 1. The number of azo groups is 1. The van der Waals surface area contributed by atoms with Gasteiger partial charge in [-0.05, 0) is 32.0 Å². The molecule has 0 saturated heterocycles. The molecule has 1 N–H and O–H groups in total. The number of carbonyl (C=O) groups is 1. The fourth-order valence-electron chi connectivity index (χ4n) is 1.68. The van der Waals surface area contributed by atoms with E-state index in [0.717, 1.165) is 16.0 Å². The fraction of sp³-hybridized carbons (Fsp3) is 0.286. The van der Waals surface area contributed by atoms with Crippen molar-refractivity contribution in [3.05, 3.63) is 29.7 Å². The van der Waals surface area contributed by atoms with E-state index in [1.807, 2.05) is 25.1 Å². The summed E-state index contributed by atoms with van der Waals surface area (Å²) < 4.78 is 6.34. The fourth-order valence-corrected chi connectivity index (χ4v) is 2.50. The molecule has 2 rings (SSSR count). The number of rotatable bonds is 5. The molecule has 0 atom stereocenters. The third kappa shape index (κ3) is 3.63.